The van der Waals surface area contributed by atoms with Crippen LogP contribution in [0.5, 0.6) is 0 Å². The average Bonchev–Trinajstić information content (AvgIpc) is 4.17. The highest BCUT2D eigenvalue weighted by molar-refractivity contribution is 7.92. The number of carbonyl (C=O) groups excluding carboxylic acids is 2. The van der Waals surface area contributed by atoms with Crippen LogP contribution in [0.15, 0.2) is 54.9 Å². The Labute approximate surface area is 413 Å². The van der Waals surface area contributed by atoms with E-state index in [9.17, 15) is 52.8 Å². The van der Waals surface area contributed by atoms with E-state index < -0.39 is 49.7 Å². The number of piperidine rings is 1. The second kappa shape index (κ2) is 19.6. The van der Waals surface area contributed by atoms with Crippen LogP contribution < -0.4 is 19.2 Å². The van der Waals surface area contributed by atoms with Crippen molar-refractivity contribution >= 4 is 55.2 Å². The van der Waals surface area contributed by atoms with Crippen molar-refractivity contribution in [3.05, 3.63) is 77.2 Å². The van der Waals surface area contributed by atoms with E-state index in [1.807, 2.05) is 9.80 Å². The third-order valence-corrected chi connectivity index (χ3v) is 15.7. The van der Waals surface area contributed by atoms with Gasteiger partial charge in [-0.15, -0.1) is 10.2 Å². The van der Waals surface area contributed by atoms with Crippen molar-refractivity contribution in [2.24, 2.45) is 17.3 Å². The van der Waals surface area contributed by atoms with E-state index in [1.54, 1.807) is 26.8 Å². The van der Waals surface area contributed by atoms with Crippen molar-refractivity contribution in [1.82, 2.24) is 44.1 Å². The van der Waals surface area contributed by atoms with Crippen LogP contribution in [-0.4, -0.2) is 164 Å². The Morgan fingerprint density at radius 1 is 0.653 bits per heavy atom. The van der Waals surface area contributed by atoms with Crippen LogP contribution in [0.3, 0.4) is 0 Å². The van der Waals surface area contributed by atoms with Gasteiger partial charge in [-0.2, -0.15) is 35.7 Å². The Morgan fingerprint density at radius 2 is 1.21 bits per heavy atom. The lowest BCUT2D eigenvalue weighted by atomic mass is 9.78. The van der Waals surface area contributed by atoms with Gasteiger partial charge in [-0.3, -0.25) is 19.2 Å². The molecule has 0 saturated carbocycles. The number of benzene rings is 1. The van der Waals surface area contributed by atoms with Gasteiger partial charge in [0, 0.05) is 121 Å². The van der Waals surface area contributed by atoms with E-state index in [0.717, 1.165) is 34.4 Å². The van der Waals surface area contributed by atoms with Crippen molar-refractivity contribution < 1.29 is 52.8 Å². The Balaban J connectivity index is 0.795. The van der Waals surface area contributed by atoms with E-state index in [1.165, 1.54) is 36.7 Å². The number of piperazine rings is 1. The summed E-state index contributed by atoms with van der Waals surface area (Å²) in [4.78, 5) is 41.4. The molecule has 5 aliphatic rings. The molecule has 0 aliphatic carbocycles. The number of hydrogen-bond acceptors (Lipinski definition) is 13. The number of likely N-dealkylation sites (tertiary alicyclic amines) is 2. The molecule has 5 aliphatic heterocycles. The lowest BCUT2D eigenvalue weighted by Crippen LogP contribution is -2.49. The SMILES string of the molecule is CS(=O)(=O)Nc1ccn(C(=O)N2CCN(Cc3ccc(C(F)(F)F)nc3N3CCC(C4CCN(c5ccc(CN6CCC7(CCN(C(=O)n8ccc(NS(C)(=O)=O)n8)CC7)C6)cc5C(F)(F)F)C4)C3)CC2)n1. The van der Waals surface area contributed by atoms with Crippen molar-refractivity contribution in [1.29, 1.82) is 0 Å². The molecular weight excluding hydrogens is 997 g/mol. The first-order valence-electron chi connectivity index (χ1n) is 23.7. The number of carbonyl (C=O) groups is 2. The van der Waals surface area contributed by atoms with Gasteiger partial charge < -0.3 is 19.6 Å². The molecule has 72 heavy (non-hydrogen) atoms. The predicted octanol–water partition coefficient (Wildman–Crippen LogP) is 5.35. The third kappa shape index (κ3) is 11.9. The molecule has 2 N–H and O–H groups in total. The maximum absolute atomic E-state index is 14.9. The van der Waals surface area contributed by atoms with E-state index in [4.69, 9.17) is 0 Å². The first-order valence-corrected chi connectivity index (χ1v) is 27.5. The standard InChI is InChI=1S/C45H57F6N13O6S2/c1-71(67,68)55-38-9-16-63(53-38)41(65)59-19-12-43(13-20-59)11-18-58(30-43)26-31-3-5-36(35(25-31)44(46,47)48)61-14-7-32(28-61)33-8-15-62(29-33)40-34(4-6-37(52-40)45(49,50)51)27-57-21-23-60(24-22-57)42(66)64-17-10-39(54-64)56-72(2,69)70/h3-6,9-10,16-17,25,32-33H,7-8,11-15,18-24,26-30H2,1-2H3,(H,53,55)(H,54,56). The van der Waals surface area contributed by atoms with E-state index in [2.05, 4.69) is 29.5 Å². The molecule has 2 atom stereocenters. The zero-order valence-corrected chi connectivity index (χ0v) is 41.4. The molecule has 2 unspecified atom stereocenters. The van der Waals surface area contributed by atoms with Crippen molar-refractivity contribution in [2.45, 2.75) is 57.5 Å². The monoisotopic (exact) mass is 1050 g/mol. The minimum Gasteiger partial charge on any atom is -0.371 e. The first-order chi connectivity index (χ1) is 33.9. The molecule has 9 rings (SSSR count). The molecule has 0 radical (unpaired) electrons. The van der Waals surface area contributed by atoms with Gasteiger partial charge in [-0.05, 0) is 79.7 Å². The van der Waals surface area contributed by atoms with Gasteiger partial charge in [0.05, 0.1) is 18.1 Å². The average molecular weight is 1050 g/mol. The molecule has 5 saturated heterocycles. The van der Waals surface area contributed by atoms with Crippen LogP contribution in [-0.2, 0) is 45.5 Å². The van der Waals surface area contributed by atoms with Gasteiger partial charge in [0.15, 0.2) is 11.6 Å². The fourth-order valence-electron chi connectivity index (χ4n) is 11.0. The highest BCUT2D eigenvalue weighted by atomic mass is 32.2. The zero-order chi connectivity index (χ0) is 51.4. The number of hydrogen-bond donors (Lipinski definition) is 2. The number of aromatic nitrogens is 5. The lowest BCUT2D eigenvalue weighted by molar-refractivity contribution is -0.141. The maximum Gasteiger partial charge on any atom is 0.433 e. The highest BCUT2D eigenvalue weighted by Gasteiger charge is 2.44. The molecule has 0 bridgehead atoms. The van der Waals surface area contributed by atoms with Gasteiger partial charge in [0.25, 0.3) is 0 Å². The number of amides is 2. The van der Waals surface area contributed by atoms with E-state index >= 15 is 0 Å². The number of nitrogens with one attached hydrogen (secondary N) is 2. The summed E-state index contributed by atoms with van der Waals surface area (Å²) in [7, 11) is -7.16. The maximum atomic E-state index is 14.9. The number of rotatable bonds is 11. The second-order valence-electron chi connectivity index (χ2n) is 19.8. The smallest absolute Gasteiger partial charge is 0.371 e. The zero-order valence-electron chi connectivity index (χ0n) is 39.7. The van der Waals surface area contributed by atoms with Gasteiger partial charge >= 0.3 is 24.4 Å². The summed E-state index contributed by atoms with van der Waals surface area (Å²) in [6.45, 7) is 5.89. The number of nitrogens with zero attached hydrogens (tertiary/aromatic N) is 11. The Morgan fingerprint density at radius 3 is 1.78 bits per heavy atom. The minimum absolute atomic E-state index is 0.0000446. The predicted molar refractivity (Wildman–Crippen MR) is 254 cm³/mol. The van der Waals surface area contributed by atoms with Crippen LogP contribution in [0.4, 0.5) is 59.1 Å². The van der Waals surface area contributed by atoms with Crippen LogP contribution in [0.1, 0.15) is 54.5 Å². The van der Waals surface area contributed by atoms with Gasteiger partial charge in [0.1, 0.15) is 11.5 Å². The fraction of sp³-hybridized carbons (Fsp3) is 0.578. The number of pyridine rings is 1. The van der Waals surface area contributed by atoms with Crippen molar-refractivity contribution in [3.63, 3.8) is 0 Å². The normalized spacial score (nSPS) is 21.6. The molecular formula is C45H57F6N13O6S2. The highest BCUT2D eigenvalue weighted by Crippen LogP contribution is 2.44. The number of halogens is 6. The first kappa shape index (κ1) is 51.2. The van der Waals surface area contributed by atoms with Gasteiger partial charge in [-0.25, -0.2) is 31.4 Å². The number of anilines is 4. The summed E-state index contributed by atoms with van der Waals surface area (Å²) in [5.41, 5.74) is -0.574. The Hall–Kier alpha value is -5.67. The summed E-state index contributed by atoms with van der Waals surface area (Å²) < 4.78 is 140. The summed E-state index contributed by atoms with van der Waals surface area (Å²) in [6.07, 6.45) is -1.07. The topological polar surface area (TPSA) is 194 Å². The Bertz CT molecular complexity index is 2880. The van der Waals surface area contributed by atoms with Crippen LogP contribution in [0, 0.1) is 17.3 Å². The summed E-state index contributed by atoms with van der Waals surface area (Å²) >= 11 is 0. The molecule has 392 valence electrons. The summed E-state index contributed by atoms with van der Waals surface area (Å²) in [6, 6.07) is 8.91. The molecule has 4 aromatic rings. The molecule has 3 aromatic heterocycles. The van der Waals surface area contributed by atoms with Crippen LogP contribution in [0.25, 0.3) is 0 Å². The minimum atomic E-state index is -4.69. The molecule has 19 nitrogen and oxygen atoms in total. The molecule has 8 heterocycles. The van der Waals surface area contributed by atoms with E-state index in [-0.39, 0.29) is 53.0 Å². The van der Waals surface area contributed by atoms with Crippen LogP contribution in [0.2, 0.25) is 0 Å². The molecule has 5 fully saturated rings. The van der Waals surface area contributed by atoms with Gasteiger partial charge in [0.2, 0.25) is 20.0 Å². The largest absolute Gasteiger partial charge is 0.433 e. The number of sulfonamides is 2. The second-order valence-corrected chi connectivity index (χ2v) is 23.3. The fourth-order valence-corrected chi connectivity index (χ4v) is 11.9. The molecule has 27 heteroatoms. The Kier molecular flexibility index (Phi) is 14.0. The summed E-state index contributed by atoms with van der Waals surface area (Å²) in [5.74, 6) is 0.261. The third-order valence-electron chi connectivity index (χ3n) is 14.6. The van der Waals surface area contributed by atoms with E-state index in [0.29, 0.717) is 122 Å². The van der Waals surface area contributed by atoms with Crippen molar-refractivity contribution in [3.8, 4) is 0 Å². The lowest BCUT2D eigenvalue weighted by Gasteiger charge is -2.39. The molecule has 1 spiro atoms. The summed E-state index contributed by atoms with van der Waals surface area (Å²) in [5, 5.41) is 8.05. The number of alkyl halides is 6. The van der Waals surface area contributed by atoms with Crippen molar-refractivity contribution in [2.75, 3.05) is 110 Å². The quantitative estimate of drug-likeness (QED) is 0.183. The van der Waals surface area contributed by atoms with Crippen LogP contribution >= 0.6 is 0 Å². The van der Waals surface area contributed by atoms with Gasteiger partial charge in [-0.1, -0.05) is 12.1 Å². The molecule has 1 aromatic carbocycles. The molecule has 2 amide bonds.